The third-order valence-electron chi connectivity index (χ3n) is 3.93. The Labute approximate surface area is 161 Å². The van der Waals surface area contributed by atoms with E-state index in [1.54, 1.807) is 0 Å². The van der Waals surface area contributed by atoms with Crippen molar-refractivity contribution in [1.29, 1.82) is 0 Å². The molecule has 130 valence electrons. The van der Waals surface area contributed by atoms with Gasteiger partial charge in [0.25, 0.3) is 0 Å². The van der Waals surface area contributed by atoms with E-state index >= 15 is 0 Å². The van der Waals surface area contributed by atoms with E-state index in [1.165, 1.54) is 23.7 Å². The van der Waals surface area contributed by atoms with Crippen LogP contribution >= 0.6 is 35.5 Å². The normalized spacial score (nSPS) is 15.3. The lowest BCUT2D eigenvalue weighted by Gasteiger charge is -2.36. The van der Waals surface area contributed by atoms with E-state index in [9.17, 15) is 4.39 Å². The zero-order valence-corrected chi connectivity index (χ0v) is 16.5. The standard InChI is InChI=1S/C15H19FN6S.HI/c1-11-14(23-20-19-11)10-18-15(17)22-8-6-21(7-9-22)13-4-2-12(16)3-5-13;/h2-5H,6-10H2,1H3,(H2,17,18);1H. The van der Waals surface area contributed by atoms with Crippen LogP contribution in [0.2, 0.25) is 0 Å². The molecule has 24 heavy (non-hydrogen) atoms. The number of halogens is 2. The molecule has 1 aliphatic rings. The molecule has 2 aromatic rings. The number of aromatic nitrogens is 2. The predicted octanol–water partition coefficient (Wildman–Crippen LogP) is 2.24. The first-order valence-corrected chi connectivity index (χ1v) is 8.24. The van der Waals surface area contributed by atoms with Crippen molar-refractivity contribution in [3.8, 4) is 0 Å². The first-order chi connectivity index (χ1) is 11.1. The van der Waals surface area contributed by atoms with Crippen LogP contribution in [0, 0.1) is 12.7 Å². The van der Waals surface area contributed by atoms with Crippen molar-refractivity contribution in [3.05, 3.63) is 40.7 Å². The highest BCUT2D eigenvalue weighted by Gasteiger charge is 2.18. The monoisotopic (exact) mass is 462 g/mol. The molecule has 0 unspecified atom stereocenters. The Balaban J connectivity index is 0.00000208. The lowest BCUT2D eigenvalue weighted by molar-refractivity contribution is 0.380. The summed E-state index contributed by atoms with van der Waals surface area (Å²) in [6, 6.07) is 6.59. The van der Waals surface area contributed by atoms with Crippen molar-refractivity contribution in [2.45, 2.75) is 13.5 Å². The van der Waals surface area contributed by atoms with Crippen LogP contribution in [0.25, 0.3) is 0 Å². The van der Waals surface area contributed by atoms with Crippen LogP contribution in [0.1, 0.15) is 10.6 Å². The molecular weight excluding hydrogens is 442 g/mol. The molecule has 0 bridgehead atoms. The molecule has 1 fully saturated rings. The summed E-state index contributed by atoms with van der Waals surface area (Å²) in [7, 11) is 0. The Morgan fingerprint density at radius 1 is 1.25 bits per heavy atom. The third kappa shape index (κ3) is 4.53. The van der Waals surface area contributed by atoms with E-state index in [1.807, 2.05) is 19.1 Å². The molecule has 0 radical (unpaired) electrons. The molecule has 9 heteroatoms. The molecule has 2 N–H and O–H groups in total. The maximum absolute atomic E-state index is 13.0. The molecule has 1 aliphatic heterocycles. The van der Waals surface area contributed by atoms with Gasteiger partial charge in [-0.2, -0.15) is 0 Å². The summed E-state index contributed by atoms with van der Waals surface area (Å²) >= 11 is 1.36. The SMILES string of the molecule is Cc1nnsc1CN=C(N)N1CCN(c2ccc(F)cc2)CC1.I. The number of aryl methyl sites for hydroxylation is 1. The van der Waals surface area contributed by atoms with Crippen LogP contribution in [0.5, 0.6) is 0 Å². The zero-order valence-electron chi connectivity index (χ0n) is 13.4. The summed E-state index contributed by atoms with van der Waals surface area (Å²) in [5.74, 6) is 0.341. The van der Waals surface area contributed by atoms with E-state index < -0.39 is 0 Å². The highest BCUT2D eigenvalue weighted by atomic mass is 127. The lowest BCUT2D eigenvalue weighted by Crippen LogP contribution is -2.51. The Morgan fingerprint density at radius 3 is 2.50 bits per heavy atom. The van der Waals surface area contributed by atoms with Crippen molar-refractivity contribution in [1.82, 2.24) is 14.5 Å². The lowest BCUT2D eigenvalue weighted by atomic mass is 10.2. The van der Waals surface area contributed by atoms with Crippen LogP contribution < -0.4 is 10.6 Å². The van der Waals surface area contributed by atoms with Crippen molar-refractivity contribution < 1.29 is 4.39 Å². The maximum atomic E-state index is 13.0. The van der Waals surface area contributed by atoms with Crippen LogP contribution in [-0.2, 0) is 6.54 Å². The van der Waals surface area contributed by atoms with Crippen LogP contribution in [0.15, 0.2) is 29.3 Å². The number of rotatable bonds is 3. The number of anilines is 1. The molecule has 6 nitrogen and oxygen atoms in total. The minimum Gasteiger partial charge on any atom is -0.370 e. The fraction of sp³-hybridized carbons (Fsp3) is 0.400. The number of benzene rings is 1. The van der Waals surface area contributed by atoms with Gasteiger partial charge in [-0.25, -0.2) is 9.38 Å². The highest BCUT2D eigenvalue weighted by Crippen LogP contribution is 2.17. The minimum atomic E-state index is -0.211. The molecule has 1 aromatic carbocycles. The molecule has 0 atom stereocenters. The van der Waals surface area contributed by atoms with Gasteiger partial charge < -0.3 is 15.5 Å². The highest BCUT2D eigenvalue weighted by molar-refractivity contribution is 14.0. The molecule has 1 saturated heterocycles. The number of hydrogen-bond acceptors (Lipinski definition) is 5. The summed E-state index contributed by atoms with van der Waals surface area (Å²) in [5, 5.41) is 3.97. The Morgan fingerprint density at radius 2 is 1.92 bits per heavy atom. The second-order valence-corrected chi connectivity index (χ2v) is 6.25. The second-order valence-electron chi connectivity index (χ2n) is 5.41. The van der Waals surface area contributed by atoms with E-state index in [4.69, 9.17) is 5.73 Å². The Kier molecular flexibility index (Phi) is 6.72. The molecule has 0 amide bonds. The average Bonchev–Trinajstić information content (AvgIpc) is 2.99. The predicted molar refractivity (Wildman–Crippen MR) is 106 cm³/mol. The quantitative estimate of drug-likeness (QED) is 0.431. The Bertz CT molecular complexity index is 682. The fourth-order valence-corrected chi connectivity index (χ4v) is 3.05. The van der Waals surface area contributed by atoms with E-state index in [-0.39, 0.29) is 29.8 Å². The molecule has 2 heterocycles. The van der Waals surface area contributed by atoms with Gasteiger partial charge in [0.1, 0.15) is 5.82 Å². The topological polar surface area (TPSA) is 70.6 Å². The molecule has 0 spiro atoms. The molecule has 1 aromatic heterocycles. The largest absolute Gasteiger partial charge is 0.370 e. The second kappa shape index (κ2) is 8.56. The molecule has 3 rings (SSSR count). The van der Waals surface area contributed by atoms with Crippen molar-refractivity contribution >= 4 is 47.2 Å². The van der Waals surface area contributed by atoms with Gasteiger partial charge in [-0.3, -0.25) is 0 Å². The first kappa shape index (κ1) is 18.8. The van der Waals surface area contributed by atoms with Crippen LogP contribution in [0.3, 0.4) is 0 Å². The van der Waals surface area contributed by atoms with Gasteiger partial charge in [0.2, 0.25) is 0 Å². The van der Waals surface area contributed by atoms with E-state index in [0.29, 0.717) is 12.5 Å². The van der Waals surface area contributed by atoms with E-state index in [0.717, 1.165) is 42.4 Å². The number of aliphatic imine (C=N–C) groups is 1. The summed E-state index contributed by atoms with van der Waals surface area (Å²) in [6.07, 6.45) is 0. The van der Waals surface area contributed by atoms with Gasteiger partial charge >= 0.3 is 0 Å². The summed E-state index contributed by atoms with van der Waals surface area (Å²) in [4.78, 5) is 9.78. The number of nitrogens with zero attached hydrogens (tertiary/aromatic N) is 5. The zero-order chi connectivity index (χ0) is 16.2. The molecular formula is C15H20FIN6S. The van der Waals surface area contributed by atoms with Gasteiger partial charge in [-0.1, -0.05) is 4.49 Å². The van der Waals surface area contributed by atoms with Crippen LogP contribution in [-0.4, -0.2) is 46.6 Å². The summed E-state index contributed by atoms with van der Waals surface area (Å²) in [6.45, 7) is 5.71. The molecule has 0 saturated carbocycles. The summed E-state index contributed by atoms with van der Waals surface area (Å²) in [5.41, 5.74) is 8.04. The van der Waals surface area contributed by atoms with Gasteiger partial charge in [0.05, 0.1) is 17.1 Å². The fourth-order valence-electron chi connectivity index (χ4n) is 2.49. The minimum absolute atomic E-state index is 0. The first-order valence-electron chi connectivity index (χ1n) is 7.46. The maximum Gasteiger partial charge on any atom is 0.191 e. The number of hydrogen-bond donors (Lipinski definition) is 1. The smallest absolute Gasteiger partial charge is 0.191 e. The van der Waals surface area contributed by atoms with Gasteiger partial charge in [-0.15, -0.1) is 29.1 Å². The van der Waals surface area contributed by atoms with Gasteiger partial charge in [0.15, 0.2) is 5.96 Å². The van der Waals surface area contributed by atoms with Crippen molar-refractivity contribution in [2.24, 2.45) is 10.7 Å². The number of piperazine rings is 1. The Hall–Kier alpha value is -1.49. The summed E-state index contributed by atoms with van der Waals surface area (Å²) < 4.78 is 16.9. The average molecular weight is 462 g/mol. The van der Waals surface area contributed by atoms with E-state index in [2.05, 4.69) is 24.4 Å². The van der Waals surface area contributed by atoms with Crippen LogP contribution in [0.4, 0.5) is 10.1 Å². The number of nitrogens with two attached hydrogens (primary N) is 1. The van der Waals surface area contributed by atoms with Crippen molar-refractivity contribution in [3.63, 3.8) is 0 Å². The van der Waals surface area contributed by atoms with Gasteiger partial charge in [-0.05, 0) is 42.7 Å². The third-order valence-corrected chi connectivity index (χ3v) is 4.73. The molecule has 0 aliphatic carbocycles. The van der Waals surface area contributed by atoms with Gasteiger partial charge in [0, 0.05) is 31.9 Å². The van der Waals surface area contributed by atoms with Crippen molar-refractivity contribution in [2.75, 3.05) is 31.1 Å². The number of guanidine groups is 1.